The van der Waals surface area contributed by atoms with E-state index in [4.69, 9.17) is 10.5 Å². The van der Waals surface area contributed by atoms with Gasteiger partial charge >= 0.3 is 0 Å². The quantitative estimate of drug-likeness (QED) is 0.803. The number of anilines is 1. The van der Waals surface area contributed by atoms with Gasteiger partial charge in [-0.1, -0.05) is 13.3 Å². The van der Waals surface area contributed by atoms with Crippen LogP contribution in [0.3, 0.4) is 0 Å². The number of aryl methyl sites for hydroxylation is 1. The van der Waals surface area contributed by atoms with Gasteiger partial charge in [0.15, 0.2) is 11.4 Å². The van der Waals surface area contributed by atoms with Crippen molar-refractivity contribution in [3.63, 3.8) is 0 Å². The Labute approximate surface area is 95.0 Å². The number of pyridine rings is 1. The Hall–Kier alpha value is -1.71. The number of fused-ring (bicyclic) bond motifs is 1. The minimum atomic E-state index is 0.677. The molecule has 0 unspecified atom stereocenters. The second-order valence-corrected chi connectivity index (χ2v) is 3.85. The highest BCUT2D eigenvalue weighted by molar-refractivity contribution is 5.60. The van der Waals surface area contributed by atoms with Gasteiger partial charge in [-0.25, -0.2) is 4.98 Å². The van der Waals surface area contributed by atoms with Gasteiger partial charge in [0.05, 0.1) is 12.3 Å². The lowest BCUT2D eigenvalue weighted by Crippen LogP contribution is -1.99. The molecule has 0 spiro atoms. The molecule has 0 saturated carbocycles. The number of ether oxygens (including phenoxy) is 1. The zero-order chi connectivity index (χ0) is 11.5. The third-order valence-corrected chi connectivity index (χ3v) is 2.59. The van der Waals surface area contributed by atoms with Crippen LogP contribution >= 0.6 is 0 Å². The molecular weight excluding hydrogens is 202 g/mol. The third-order valence-electron chi connectivity index (χ3n) is 2.59. The molecule has 2 aromatic rings. The largest absolute Gasteiger partial charge is 0.490 e. The van der Waals surface area contributed by atoms with E-state index in [1.807, 2.05) is 29.7 Å². The molecule has 0 radical (unpaired) electrons. The minimum absolute atomic E-state index is 0.677. The molecule has 0 atom stereocenters. The smallest absolute Gasteiger partial charge is 0.181 e. The van der Waals surface area contributed by atoms with E-state index in [9.17, 15) is 0 Å². The summed E-state index contributed by atoms with van der Waals surface area (Å²) in [4.78, 5) is 4.40. The molecule has 2 N–H and O–H groups in total. The van der Waals surface area contributed by atoms with Crippen molar-refractivity contribution in [1.29, 1.82) is 0 Å². The molecule has 86 valence electrons. The van der Waals surface area contributed by atoms with Crippen LogP contribution in [0.15, 0.2) is 18.3 Å². The van der Waals surface area contributed by atoms with Gasteiger partial charge in [-0.3, -0.25) is 4.40 Å². The van der Waals surface area contributed by atoms with Crippen LogP contribution in [0.25, 0.3) is 5.65 Å². The van der Waals surface area contributed by atoms with E-state index in [1.165, 1.54) is 0 Å². The van der Waals surface area contributed by atoms with Crippen molar-refractivity contribution in [3.8, 4) is 5.75 Å². The van der Waals surface area contributed by atoms with Crippen LogP contribution in [-0.2, 0) is 0 Å². The number of hydrogen-bond donors (Lipinski definition) is 1. The van der Waals surface area contributed by atoms with Crippen LogP contribution in [0.1, 0.15) is 25.5 Å². The normalized spacial score (nSPS) is 10.9. The maximum atomic E-state index is 5.91. The molecule has 0 aliphatic heterocycles. The van der Waals surface area contributed by atoms with Gasteiger partial charge in [-0.2, -0.15) is 0 Å². The lowest BCUT2D eigenvalue weighted by molar-refractivity contribution is 0.311. The zero-order valence-corrected chi connectivity index (χ0v) is 9.73. The zero-order valence-electron chi connectivity index (χ0n) is 9.73. The van der Waals surface area contributed by atoms with Crippen LogP contribution in [0.4, 0.5) is 5.82 Å². The molecule has 0 aliphatic rings. The molecule has 4 heteroatoms. The van der Waals surface area contributed by atoms with Gasteiger partial charge in [-0.05, 0) is 25.5 Å². The predicted octanol–water partition coefficient (Wildman–Crippen LogP) is 2.40. The Morgan fingerprint density at radius 1 is 1.50 bits per heavy atom. The Morgan fingerprint density at radius 3 is 3.06 bits per heavy atom. The number of nitrogen functional groups attached to an aromatic ring is 1. The topological polar surface area (TPSA) is 52.5 Å². The molecule has 16 heavy (non-hydrogen) atoms. The highest BCUT2D eigenvalue weighted by Gasteiger charge is 2.09. The lowest BCUT2D eigenvalue weighted by atomic mass is 10.3. The van der Waals surface area contributed by atoms with Crippen molar-refractivity contribution >= 4 is 11.5 Å². The second-order valence-electron chi connectivity index (χ2n) is 3.85. The SMILES string of the molecule is CCCCOc1cccn2c(N)c(C)nc12. The molecule has 2 aromatic heterocycles. The Morgan fingerprint density at radius 2 is 2.31 bits per heavy atom. The first kappa shape index (κ1) is 10.8. The molecular formula is C12H17N3O. The fraction of sp³-hybridized carbons (Fsp3) is 0.417. The molecule has 0 bridgehead atoms. The molecule has 2 heterocycles. The summed E-state index contributed by atoms with van der Waals surface area (Å²) in [7, 11) is 0. The number of aromatic nitrogens is 2. The van der Waals surface area contributed by atoms with E-state index >= 15 is 0 Å². The van der Waals surface area contributed by atoms with Crippen LogP contribution in [0, 0.1) is 6.92 Å². The van der Waals surface area contributed by atoms with Gasteiger partial charge in [0, 0.05) is 6.20 Å². The lowest BCUT2D eigenvalue weighted by Gasteiger charge is -2.06. The standard InChI is InChI=1S/C12H17N3O/c1-3-4-8-16-10-6-5-7-15-11(13)9(2)14-12(10)15/h5-7H,3-4,8,13H2,1-2H3. The van der Waals surface area contributed by atoms with Crippen molar-refractivity contribution in [2.24, 2.45) is 0 Å². The van der Waals surface area contributed by atoms with Crippen LogP contribution in [0.2, 0.25) is 0 Å². The Balaban J connectivity index is 2.34. The number of nitrogens with two attached hydrogens (primary N) is 1. The fourth-order valence-corrected chi connectivity index (χ4v) is 1.61. The number of hydrogen-bond acceptors (Lipinski definition) is 3. The summed E-state index contributed by atoms with van der Waals surface area (Å²) < 4.78 is 7.55. The third kappa shape index (κ3) is 1.83. The first-order valence-corrected chi connectivity index (χ1v) is 5.60. The number of unbranched alkanes of at least 4 members (excludes halogenated alkanes) is 1. The number of imidazole rings is 1. The summed E-state index contributed by atoms with van der Waals surface area (Å²) in [5, 5.41) is 0. The van der Waals surface area contributed by atoms with Gasteiger partial charge in [-0.15, -0.1) is 0 Å². The Kier molecular flexibility index (Phi) is 2.99. The summed E-state index contributed by atoms with van der Waals surface area (Å²) in [6, 6.07) is 3.85. The van der Waals surface area contributed by atoms with Crippen LogP contribution in [0.5, 0.6) is 5.75 Å². The molecule has 0 aliphatic carbocycles. The maximum Gasteiger partial charge on any atom is 0.181 e. The van der Waals surface area contributed by atoms with Gasteiger partial charge in [0.25, 0.3) is 0 Å². The number of nitrogens with zero attached hydrogens (tertiary/aromatic N) is 2. The summed E-state index contributed by atoms with van der Waals surface area (Å²) in [5.74, 6) is 1.48. The average molecular weight is 219 g/mol. The van der Waals surface area contributed by atoms with Gasteiger partial charge < -0.3 is 10.5 Å². The molecule has 0 saturated heterocycles. The Bertz CT molecular complexity index is 490. The van der Waals surface area contributed by atoms with Crippen molar-refractivity contribution < 1.29 is 4.74 Å². The van der Waals surface area contributed by atoms with E-state index in [2.05, 4.69) is 11.9 Å². The first-order valence-electron chi connectivity index (χ1n) is 5.60. The average Bonchev–Trinajstić information content (AvgIpc) is 2.57. The van der Waals surface area contributed by atoms with E-state index in [0.717, 1.165) is 36.5 Å². The van der Waals surface area contributed by atoms with Crippen LogP contribution < -0.4 is 10.5 Å². The maximum absolute atomic E-state index is 5.91. The van der Waals surface area contributed by atoms with Crippen molar-refractivity contribution in [2.45, 2.75) is 26.7 Å². The van der Waals surface area contributed by atoms with E-state index < -0.39 is 0 Å². The predicted molar refractivity (Wildman–Crippen MR) is 64.7 cm³/mol. The highest BCUT2D eigenvalue weighted by atomic mass is 16.5. The summed E-state index contributed by atoms with van der Waals surface area (Å²) in [6.45, 7) is 4.77. The van der Waals surface area contributed by atoms with E-state index in [1.54, 1.807) is 0 Å². The van der Waals surface area contributed by atoms with Crippen molar-refractivity contribution in [3.05, 3.63) is 24.0 Å². The molecule has 0 fully saturated rings. The summed E-state index contributed by atoms with van der Waals surface area (Å²) in [5.41, 5.74) is 7.55. The summed E-state index contributed by atoms with van der Waals surface area (Å²) >= 11 is 0. The van der Waals surface area contributed by atoms with Gasteiger partial charge in [0.1, 0.15) is 5.82 Å². The van der Waals surface area contributed by atoms with E-state index in [0.29, 0.717) is 5.82 Å². The molecule has 0 amide bonds. The first-order chi connectivity index (χ1) is 7.74. The molecule has 2 rings (SSSR count). The monoisotopic (exact) mass is 219 g/mol. The van der Waals surface area contributed by atoms with Gasteiger partial charge in [0.2, 0.25) is 0 Å². The van der Waals surface area contributed by atoms with Crippen molar-refractivity contribution in [1.82, 2.24) is 9.38 Å². The molecule has 4 nitrogen and oxygen atoms in total. The fourth-order valence-electron chi connectivity index (χ4n) is 1.61. The minimum Gasteiger partial charge on any atom is -0.490 e. The van der Waals surface area contributed by atoms with Crippen molar-refractivity contribution in [2.75, 3.05) is 12.3 Å². The second kappa shape index (κ2) is 4.43. The van der Waals surface area contributed by atoms with E-state index in [-0.39, 0.29) is 0 Å². The van der Waals surface area contributed by atoms with Crippen LogP contribution in [-0.4, -0.2) is 16.0 Å². The highest BCUT2D eigenvalue weighted by Crippen LogP contribution is 2.23. The summed E-state index contributed by atoms with van der Waals surface area (Å²) in [6.07, 6.45) is 4.08. The number of rotatable bonds is 4. The molecule has 0 aromatic carbocycles.